The highest BCUT2D eigenvalue weighted by Crippen LogP contribution is 2.34. The Balaban J connectivity index is 1.39. The summed E-state index contributed by atoms with van der Waals surface area (Å²) in [5.74, 6) is 1.70. The van der Waals surface area contributed by atoms with Crippen molar-refractivity contribution in [3.05, 3.63) is 53.9 Å². The highest BCUT2D eigenvalue weighted by Gasteiger charge is 2.33. The Labute approximate surface area is 153 Å². The fraction of sp³-hybridized carbons (Fsp3) is 0.400. The van der Waals surface area contributed by atoms with Crippen molar-refractivity contribution in [3.8, 4) is 11.5 Å². The number of fused-ring (bicyclic) bond motifs is 1. The maximum absolute atomic E-state index is 12.9. The molecule has 4 rings (SSSR count). The summed E-state index contributed by atoms with van der Waals surface area (Å²) >= 11 is 0. The Kier molecular flexibility index (Phi) is 4.75. The van der Waals surface area contributed by atoms with E-state index in [4.69, 9.17) is 9.47 Å². The standard InChI is InChI=1S/C20H23N3O3/c1-22(11-16-3-2-8-21-10-16)13-20(24)23(17-5-6-17)12-15-4-7-18-19(9-15)26-14-25-18/h2-4,7-10,17H,5-6,11-14H2,1H3. The first-order valence-electron chi connectivity index (χ1n) is 8.94. The lowest BCUT2D eigenvalue weighted by molar-refractivity contribution is -0.133. The van der Waals surface area contributed by atoms with E-state index in [1.165, 1.54) is 0 Å². The minimum absolute atomic E-state index is 0.163. The highest BCUT2D eigenvalue weighted by molar-refractivity contribution is 5.79. The molecule has 0 N–H and O–H groups in total. The van der Waals surface area contributed by atoms with Gasteiger partial charge in [-0.3, -0.25) is 14.7 Å². The van der Waals surface area contributed by atoms with Crippen molar-refractivity contribution < 1.29 is 14.3 Å². The van der Waals surface area contributed by atoms with Crippen LogP contribution in [0.5, 0.6) is 11.5 Å². The van der Waals surface area contributed by atoms with E-state index >= 15 is 0 Å². The SMILES string of the molecule is CN(CC(=O)N(Cc1ccc2c(c1)OCO2)C1CC1)Cc1cccnc1. The van der Waals surface area contributed by atoms with Gasteiger partial charge in [0.05, 0.1) is 6.54 Å². The number of hydrogen-bond acceptors (Lipinski definition) is 5. The van der Waals surface area contributed by atoms with Crippen molar-refractivity contribution in [2.45, 2.75) is 32.0 Å². The number of hydrogen-bond donors (Lipinski definition) is 0. The average Bonchev–Trinajstić information content (AvgIpc) is 3.37. The minimum Gasteiger partial charge on any atom is -0.454 e. The summed E-state index contributed by atoms with van der Waals surface area (Å²) in [5.41, 5.74) is 2.18. The van der Waals surface area contributed by atoms with Gasteiger partial charge in [-0.25, -0.2) is 0 Å². The zero-order valence-corrected chi connectivity index (χ0v) is 14.9. The van der Waals surface area contributed by atoms with Crippen LogP contribution in [0.3, 0.4) is 0 Å². The molecule has 0 saturated heterocycles. The van der Waals surface area contributed by atoms with E-state index in [1.54, 1.807) is 6.20 Å². The van der Waals surface area contributed by atoms with E-state index in [0.29, 0.717) is 25.7 Å². The summed E-state index contributed by atoms with van der Waals surface area (Å²) in [6.07, 6.45) is 5.77. The third-order valence-electron chi connectivity index (χ3n) is 4.68. The molecule has 2 aromatic rings. The average molecular weight is 353 g/mol. The van der Waals surface area contributed by atoms with Crippen LogP contribution in [0, 0.1) is 0 Å². The van der Waals surface area contributed by atoms with Crippen molar-refractivity contribution in [1.82, 2.24) is 14.8 Å². The van der Waals surface area contributed by atoms with Crippen LogP contribution in [0.4, 0.5) is 0 Å². The Morgan fingerprint density at radius 2 is 2.00 bits per heavy atom. The molecule has 2 aliphatic rings. The fourth-order valence-electron chi connectivity index (χ4n) is 3.22. The number of benzene rings is 1. The quantitative estimate of drug-likeness (QED) is 0.765. The summed E-state index contributed by atoms with van der Waals surface area (Å²) < 4.78 is 10.8. The molecule has 1 aromatic carbocycles. The largest absolute Gasteiger partial charge is 0.454 e. The van der Waals surface area contributed by atoms with Crippen LogP contribution >= 0.6 is 0 Å². The normalized spacial score (nSPS) is 15.3. The number of ether oxygens (including phenoxy) is 2. The lowest BCUT2D eigenvalue weighted by Crippen LogP contribution is -2.39. The molecule has 6 heteroatoms. The number of amides is 1. The van der Waals surface area contributed by atoms with Gasteiger partial charge in [-0.2, -0.15) is 0 Å². The van der Waals surface area contributed by atoms with Gasteiger partial charge in [0, 0.05) is 31.5 Å². The monoisotopic (exact) mass is 353 g/mol. The summed E-state index contributed by atoms with van der Waals surface area (Å²) in [4.78, 5) is 21.0. The van der Waals surface area contributed by atoms with E-state index in [0.717, 1.165) is 35.5 Å². The Bertz CT molecular complexity index is 777. The molecule has 0 atom stereocenters. The fourth-order valence-corrected chi connectivity index (χ4v) is 3.22. The molecule has 0 bridgehead atoms. The molecule has 0 spiro atoms. The van der Waals surface area contributed by atoms with Gasteiger partial charge in [0.1, 0.15) is 0 Å². The van der Waals surface area contributed by atoms with E-state index < -0.39 is 0 Å². The maximum Gasteiger partial charge on any atom is 0.237 e. The number of pyridine rings is 1. The summed E-state index contributed by atoms with van der Waals surface area (Å²) in [6.45, 7) is 1.99. The van der Waals surface area contributed by atoms with Crippen molar-refractivity contribution in [1.29, 1.82) is 0 Å². The number of nitrogens with zero attached hydrogens (tertiary/aromatic N) is 3. The van der Waals surface area contributed by atoms with Crippen LogP contribution in [0.15, 0.2) is 42.7 Å². The lowest BCUT2D eigenvalue weighted by atomic mass is 10.2. The number of rotatable bonds is 7. The molecular formula is C20H23N3O3. The van der Waals surface area contributed by atoms with Crippen LogP contribution in [0.2, 0.25) is 0 Å². The van der Waals surface area contributed by atoms with Crippen LogP contribution in [-0.4, -0.2) is 47.1 Å². The molecule has 136 valence electrons. The van der Waals surface area contributed by atoms with Gasteiger partial charge < -0.3 is 14.4 Å². The van der Waals surface area contributed by atoms with Gasteiger partial charge in [0.2, 0.25) is 12.7 Å². The third-order valence-corrected chi connectivity index (χ3v) is 4.68. The molecule has 1 aliphatic heterocycles. The maximum atomic E-state index is 12.9. The number of likely N-dealkylation sites (N-methyl/N-ethyl adjacent to an activating group) is 1. The van der Waals surface area contributed by atoms with E-state index in [1.807, 2.05) is 53.4 Å². The first kappa shape index (κ1) is 16.8. The van der Waals surface area contributed by atoms with E-state index in [2.05, 4.69) is 4.98 Å². The molecule has 0 unspecified atom stereocenters. The van der Waals surface area contributed by atoms with Gasteiger partial charge in [0.25, 0.3) is 0 Å². The van der Waals surface area contributed by atoms with Gasteiger partial charge in [0.15, 0.2) is 11.5 Å². The third kappa shape index (κ3) is 3.96. The predicted molar refractivity (Wildman–Crippen MR) is 96.7 cm³/mol. The Morgan fingerprint density at radius 3 is 2.77 bits per heavy atom. The smallest absolute Gasteiger partial charge is 0.237 e. The van der Waals surface area contributed by atoms with E-state index in [9.17, 15) is 4.79 Å². The Morgan fingerprint density at radius 1 is 1.15 bits per heavy atom. The molecule has 2 heterocycles. The first-order chi connectivity index (χ1) is 12.7. The van der Waals surface area contributed by atoms with Crippen LogP contribution < -0.4 is 9.47 Å². The molecule has 1 saturated carbocycles. The number of carbonyl (C=O) groups is 1. The topological polar surface area (TPSA) is 54.9 Å². The van der Waals surface area contributed by atoms with Gasteiger partial charge in [-0.1, -0.05) is 12.1 Å². The summed E-state index contributed by atoms with van der Waals surface area (Å²) in [5, 5.41) is 0. The Hall–Kier alpha value is -2.60. The van der Waals surface area contributed by atoms with Crippen molar-refractivity contribution >= 4 is 5.91 Å². The van der Waals surface area contributed by atoms with Gasteiger partial charge >= 0.3 is 0 Å². The summed E-state index contributed by atoms with van der Waals surface area (Å²) in [6, 6.07) is 10.2. The van der Waals surface area contributed by atoms with Gasteiger partial charge in [-0.15, -0.1) is 0 Å². The van der Waals surface area contributed by atoms with Crippen molar-refractivity contribution in [2.75, 3.05) is 20.4 Å². The molecule has 0 radical (unpaired) electrons. The second-order valence-corrected chi connectivity index (χ2v) is 6.97. The second kappa shape index (κ2) is 7.33. The minimum atomic E-state index is 0.163. The summed E-state index contributed by atoms with van der Waals surface area (Å²) in [7, 11) is 1.97. The molecule has 1 aromatic heterocycles. The molecule has 1 amide bonds. The molecule has 1 fully saturated rings. The molecular weight excluding hydrogens is 330 g/mol. The van der Waals surface area contributed by atoms with Gasteiger partial charge in [-0.05, 0) is 49.2 Å². The number of carbonyl (C=O) groups excluding carboxylic acids is 1. The van der Waals surface area contributed by atoms with E-state index in [-0.39, 0.29) is 12.7 Å². The lowest BCUT2D eigenvalue weighted by Gasteiger charge is -2.25. The zero-order chi connectivity index (χ0) is 17.9. The number of aromatic nitrogens is 1. The van der Waals surface area contributed by atoms with Crippen LogP contribution in [-0.2, 0) is 17.9 Å². The zero-order valence-electron chi connectivity index (χ0n) is 14.9. The molecule has 26 heavy (non-hydrogen) atoms. The van der Waals surface area contributed by atoms with Crippen molar-refractivity contribution in [2.24, 2.45) is 0 Å². The van der Waals surface area contributed by atoms with Crippen molar-refractivity contribution in [3.63, 3.8) is 0 Å². The predicted octanol–water partition coefficient (Wildman–Crippen LogP) is 2.43. The first-order valence-corrected chi connectivity index (χ1v) is 8.94. The molecule has 6 nitrogen and oxygen atoms in total. The van der Waals surface area contributed by atoms with Crippen LogP contribution in [0.1, 0.15) is 24.0 Å². The second-order valence-electron chi connectivity index (χ2n) is 6.97. The highest BCUT2D eigenvalue weighted by atomic mass is 16.7. The molecule has 1 aliphatic carbocycles. The van der Waals surface area contributed by atoms with Crippen LogP contribution in [0.25, 0.3) is 0 Å².